The lowest BCUT2D eigenvalue weighted by Gasteiger charge is -2.37. The zero-order valence-electron chi connectivity index (χ0n) is 12.4. The van der Waals surface area contributed by atoms with Crippen molar-refractivity contribution >= 4 is 5.97 Å². The fourth-order valence-corrected chi connectivity index (χ4v) is 3.19. The van der Waals surface area contributed by atoms with Crippen LogP contribution in [-0.4, -0.2) is 23.2 Å². The molecule has 1 aromatic rings. The monoisotopic (exact) mass is 275 g/mol. The lowest BCUT2D eigenvalue weighted by Crippen LogP contribution is -2.47. The van der Waals surface area contributed by atoms with Gasteiger partial charge in [-0.1, -0.05) is 50.6 Å². The van der Waals surface area contributed by atoms with Gasteiger partial charge in [-0.3, -0.25) is 4.79 Å². The molecule has 1 aliphatic rings. The number of rotatable bonds is 5. The van der Waals surface area contributed by atoms with E-state index in [4.69, 9.17) is 0 Å². The van der Waals surface area contributed by atoms with Gasteiger partial charge >= 0.3 is 5.97 Å². The Morgan fingerprint density at radius 2 is 2.10 bits per heavy atom. The topological polar surface area (TPSA) is 49.3 Å². The molecule has 0 bridgehead atoms. The molecule has 0 amide bonds. The smallest absolute Gasteiger partial charge is 0.321 e. The summed E-state index contributed by atoms with van der Waals surface area (Å²) < 4.78 is 0. The number of carboxylic acids is 1. The minimum absolute atomic E-state index is 0.323. The van der Waals surface area contributed by atoms with Crippen molar-refractivity contribution in [1.29, 1.82) is 0 Å². The van der Waals surface area contributed by atoms with Crippen molar-refractivity contribution in [3.8, 4) is 0 Å². The van der Waals surface area contributed by atoms with Crippen molar-refractivity contribution < 1.29 is 9.90 Å². The maximum absolute atomic E-state index is 11.5. The number of nitrogens with one attached hydrogen (secondary N) is 1. The molecule has 2 rings (SSSR count). The molecule has 0 aliphatic heterocycles. The van der Waals surface area contributed by atoms with Gasteiger partial charge in [0.15, 0.2) is 0 Å². The van der Waals surface area contributed by atoms with Crippen LogP contribution in [-0.2, 0) is 11.2 Å². The van der Waals surface area contributed by atoms with Crippen LogP contribution in [0.5, 0.6) is 0 Å². The lowest BCUT2D eigenvalue weighted by atomic mass is 9.75. The third-order valence-corrected chi connectivity index (χ3v) is 4.22. The maximum Gasteiger partial charge on any atom is 0.321 e. The van der Waals surface area contributed by atoms with Gasteiger partial charge in [0.25, 0.3) is 0 Å². The third-order valence-electron chi connectivity index (χ3n) is 4.22. The Morgan fingerprint density at radius 3 is 2.70 bits per heavy atom. The van der Waals surface area contributed by atoms with Crippen molar-refractivity contribution in [3.05, 3.63) is 35.9 Å². The number of aliphatic carboxylic acids is 1. The summed E-state index contributed by atoms with van der Waals surface area (Å²) in [5.74, 6) is -0.753. The molecule has 0 saturated heterocycles. The minimum Gasteiger partial charge on any atom is -0.480 e. The molecular formula is C17H25NO2. The minimum atomic E-state index is -0.753. The van der Waals surface area contributed by atoms with E-state index in [1.807, 2.05) is 30.3 Å². The van der Waals surface area contributed by atoms with Crippen LogP contribution >= 0.6 is 0 Å². The van der Waals surface area contributed by atoms with E-state index in [2.05, 4.69) is 19.2 Å². The number of carbonyl (C=O) groups is 1. The number of benzene rings is 1. The Bertz CT molecular complexity index is 442. The van der Waals surface area contributed by atoms with Crippen LogP contribution in [0, 0.1) is 5.41 Å². The molecule has 1 saturated carbocycles. The first-order valence-electron chi connectivity index (χ1n) is 7.49. The molecule has 3 heteroatoms. The molecule has 0 spiro atoms. The predicted octanol–water partition coefficient (Wildman–Crippen LogP) is 3.24. The van der Waals surface area contributed by atoms with Crippen molar-refractivity contribution in [3.63, 3.8) is 0 Å². The molecule has 0 heterocycles. The van der Waals surface area contributed by atoms with E-state index in [0.29, 0.717) is 17.9 Å². The molecule has 1 aliphatic carbocycles. The predicted molar refractivity (Wildman–Crippen MR) is 80.7 cm³/mol. The van der Waals surface area contributed by atoms with E-state index in [-0.39, 0.29) is 0 Å². The highest BCUT2D eigenvalue weighted by Crippen LogP contribution is 2.35. The summed E-state index contributed by atoms with van der Waals surface area (Å²) in [5.41, 5.74) is 1.40. The molecule has 2 N–H and O–H groups in total. The number of hydrogen-bond donors (Lipinski definition) is 2. The Labute approximate surface area is 121 Å². The molecule has 1 unspecified atom stereocenters. The lowest BCUT2D eigenvalue weighted by molar-refractivity contribution is -0.139. The first-order chi connectivity index (χ1) is 9.46. The van der Waals surface area contributed by atoms with E-state index in [1.54, 1.807) is 0 Å². The molecule has 1 aromatic carbocycles. The Morgan fingerprint density at radius 1 is 1.40 bits per heavy atom. The van der Waals surface area contributed by atoms with Gasteiger partial charge in [0, 0.05) is 6.04 Å². The quantitative estimate of drug-likeness (QED) is 0.867. The fraction of sp³-hybridized carbons (Fsp3) is 0.588. The molecular weight excluding hydrogens is 250 g/mol. The van der Waals surface area contributed by atoms with Crippen molar-refractivity contribution in [2.24, 2.45) is 5.41 Å². The second-order valence-corrected chi connectivity index (χ2v) is 6.70. The van der Waals surface area contributed by atoms with Gasteiger partial charge in [0.05, 0.1) is 0 Å². The van der Waals surface area contributed by atoms with Crippen LogP contribution in [0.4, 0.5) is 0 Å². The van der Waals surface area contributed by atoms with E-state index in [1.165, 1.54) is 12.8 Å². The van der Waals surface area contributed by atoms with Gasteiger partial charge in [-0.2, -0.15) is 0 Å². The van der Waals surface area contributed by atoms with Crippen molar-refractivity contribution in [2.45, 2.75) is 58.0 Å². The SMILES string of the molecule is CC1(C)CCCC(N[C@H](Cc2ccccc2)C(=O)O)C1. The van der Waals surface area contributed by atoms with Gasteiger partial charge in [0.1, 0.15) is 6.04 Å². The largest absolute Gasteiger partial charge is 0.480 e. The molecule has 20 heavy (non-hydrogen) atoms. The van der Waals surface area contributed by atoms with E-state index < -0.39 is 12.0 Å². The van der Waals surface area contributed by atoms with E-state index in [0.717, 1.165) is 18.4 Å². The normalized spacial score (nSPS) is 23.2. The fourth-order valence-electron chi connectivity index (χ4n) is 3.19. The van der Waals surface area contributed by atoms with Crippen LogP contribution in [0.3, 0.4) is 0 Å². The summed E-state index contributed by atoms with van der Waals surface area (Å²) in [6.45, 7) is 4.54. The number of hydrogen-bond acceptors (Lipinski definition) is 2. The van der Waals surface area contributed by atoms with E-state index >= 15 is 0 Å². The number of carboxylic acid groups (broad SMARTS) is 1. The summed E-state index contributed by atoms with van der Waals surface area (Å²) in [7, 11) is 0. The van der Waals surface area contributed by atoms with Gasteiger partial charge in [-0.05, 0) is 36.7 Å². The maximum atomic E-state index is 11.5. The molecule has 0 radical (unpaired) electrons. The molecule has 110 valence electrons. The van der Waals surface area contributed by atoms with Crippen LogP contribution < -0.4 is 5.32 Å². The van der Waals surface area contributed by atoms with Crippen LogP contribution in [0.25, 0.3) is 0 Å². The van der Waals surface area contributed by atoms with E-state index in [9.17, 15) is 9.90 Å². The average Bonchev–Trinajstić information content (AvgIpc) is 2.38. The third kappa shape index (κ3) is 4.34. The van der Waals surface area contributed by atoms with Gasteiger partial charge in [-0.25, -0.2) is 0 Å². The highest BCUT2D eigenvalue weighted by molar-refractivity contribution is 5.74. The first kappa shape index (κ1) is 15.0. The second kappa shape index (κ2) is 6.40. The van der Waals surface area contributed by atoms with Gasteiger partial charge < -0.3 is 10.4 Å². The second-order valence-electron chi connectivity index (χ2n) is 6.70. The molecule has 0 aromatic heterocycles. The van der Waals surface area contributed by atoms with Crippen LogP contribution in [0.15, 0.2) is 30.3 Å². The van der Waals surface area contributed by atoms with Crippen molar-refractivity contribution in [2.75, 3.05) is 0 Å². The summed E-state index contributed by atoms with van der Waals surface area (Å²) in [5, 5.41) is 12.8. The van der Waals surface area contributed by atoms with Crippen molar-refractivity contribution in [1.82, 2.24) is 5.32 Å². The first-order valence-corrected chi connectivity index (χ1v) is 7.49. The average molecular weight is 275 g/mol. The Hall–Kier alpha value is -1.35. The molecule has 1 fully saturated rings. The highest BCUT2D eigenvalue weighted by atomic mass is 16.4. The summed E-state index contributed by atoms with van der Waals surface area (Å²) in [6.07, 6.45) is 5.12. The highest BCUT2D eigenvalue weighted by Gasteiger charge is 2.30. The summed E-state index contributed by atoms with van der Waals surface area (Å²) in [4.78, 5) is 11.5. The summed E-state index contributed by atoms with van der Waals surface area (Å²) in [6, 6.07) is 9.68. The molecule has 3 nitrogen and oxygen atoms in total. The van der Waals surface area contributed by atoms with Gasteiger partial charge in [0.2, 0.25) is 0 Å². The Balaban J connectivity index is 1.97. The summed E-state index contributed by atoms with van der Waals surface area (Å²) >= 11 is 0. The zero-order valence-corrected chi connectivity index (χ0v) is 12.4. The van der Waals surface area contributed by atoms with Crippen LogP contribution in [0.1, 0.15) is 45.1 Å². The zero-order chi connectivity index (χ0) is 14.6. The standard InChI is InChI=1S/C17H25NO2/c1-17(2)10-6-9-14(12-17)18-15(16(19)20)11-13-7-4-3-5-8-13/h3-5,7-8,14-15,18H,6,9-12H2,1-2H3,(H,19,20)/t14?,15-/m1/s1. The van der Waals surface area contributed by atoms with Gasteiger partial charge in [-0.15, -0.1) is 0 Å². The molecule has 2 atom stereocenters. The Kier molecular flexibility index (Phi) is 4.81. The van der Waals surface area contributed by atoms with Crippen LogP contribution in [0.2, 0.25) is 0 Å².